The number of halogens is 5. The fraction of sp³-hybridized carbons (Fsp3) is 0.462. The van der Waals surface area contributed by atoms with Crippen LogP contribution in [-0.2, 0) is 0 Å². The lowest BCUT2D eigenvalue weighted by molar-refractivity contribution is -0.183. The van der Waals surface area contributed by atoms with Gasteiger partial charge in [-0.2, -0.15) is 13.2 Å². The number of hydrogen-bond acceptors (Lipinski definition) is 1. The number of piperidine rings is 1. The second-order valence-electron chi connectivity index (χ2n) is 4.88. The summed E-state index contributed by atoms with van der Waals surface area (Å²) in [7, 11) is 0. The highest BCUT2D eigenvalue weighted by Gasteiger charge is 2.42. The van der Waals surface area contributed by atoms with Crippen LogP contribution >= 0.6 is 35.4 Å². The van der Waals surface area contributed by atoms with Crippen molar-refractivity contribution in [3.63, 3.8) is 0 Å². The second-order valence-corrected chi connectivity index (χ2v) is 6.11. The highest BCUT2D eigenvalue weighted by atomic mass is 35.5. The van der Waals surface area contributed by atoms with Gasteiger partial charge in [0.05, 0.1) is 16.6 Å². The molecule has 2 rings (SSSR count). The van der Waals surface area contributed by atoms with Crippen molar-refractivity contribution in [3.8, 4) is 0 Å². The van der Waals surface area contributed by atoms with Gasteiger partial charge in [0.15, 0.2) is 5.11 Å². The van der Waals surface area contributed by atoms with Crippen molar-refractivity contribution in [2.45, 2.75) is 19.0 Å². The molecule has 0 bridgehead atoms. The summed E-state index contributed by atoms with van der Waals surface area (Å²) in [5, 5.41) is 3.97. The van der Waals surface area contributed by atoms with E-state index in [1.165, 1.54) is 4.90 Å². The van der Waals surface area contributed by atoms with Gasteiger partial charge in [-0.1, -0.05) is 23.2 Å². The molecule has 116 valence electrons. The zero-order valence-corrected chi connectivity index (χ0v) is 13.2. The van der Waals surface area contributed by atoms with Crippen LogP contribution in [0.4, 0.5) is 18.9 Å². The van der Waals surface area contributed by atoms with Gasteiger partial charge >= 0.3 is 6.18 Å². The van der Waals surface area contributed by atoms with E-state index in [2.05, 4.69) is 5.32 Å². The first kappa shape index (κ1) is 16.6. The fourth-order valence-electron chi connectivity index (χ4n) is 2.21. The average Bonchev–Trinajstić information content (AvgIpc) is 2.41. The molecule has 1 aliphatic rings. The van der Waals surface area contributed by atoms with Crippen molar-refractivity contribution in [1.29, 1.82) is 0 Å². The SMILES string of the molecule is FC(F)(F)C1CCCN(C(=S)Nc2ccc(Cl)cc2Cl)C1. The largest absolute Gasteiger partial charge is 0.393 e. The van der Waals surface area contributed by atoms with Crippen molar-refractivity contribution >= 4 is 46.2 Å². The monoisotopic (exact) mass is 356 g/mol. The maximum atomic E-state index is 12.8. The third-order valence-electron chi connectivity index (χ3n) is 3.34. The summed E-state index contributed by atoms with van der Waals surface area (Å²) in [4.78, 5) is 1.53. The van der Waals surface area contributed by atoms with E-state index >= 15 is 0 Å². The molecule has 1 unspecified atom stereocenters. The molecule has 1 aromatic rings. The summed E-state index contributed by atoms with van der Waals surface area (Å²) >= 11 is 17.0. The predicted molar refractivity (Wildman–Crippen MR) is 83.0 cm³/mol. The number of benzene rings is 1. The minimum atomic E-state index is -4.19. The molecule has 0 amide bonds. The first-order chi connectivity index (χ1) is 9.77. The van der Waals surface area contributed by atoms with Crippen molar-refractivity contribution < 1.29 is 13.2 Å². The van der Waals surface area contributed by atoms with Crippen LogP contribution in [0.3, 0.4) is 0 Å². The first-order valence-corrected chi connectivity index (χ1v) is 7.51. The second kappa shape index (κ2) is 6.58. The third-order valence-corrected chi connectivity index (χ3v) is 4.25. The Morgan fingerprint density at radius 2 is 2.05 bits per heavy atom. The van der Waals surface area contributed by atoms with Gasteiger partial charge in [0, 0.05) is 18.1 Å². The van der Waals surface area contributed by atoms with E-state index in [1.54, 1.807) is 18.2 Å². The lowest BCUT2D eigenvalue weighted by atomic mass is 9.98. The summed E-state index contributed by atoms with van der Waals surface area (Å²) in [6.07, 6.45) is -3.59. The molecule has 1 saturated heterocycles. The highest BCUT2D eigenvalue weighted by Crippen LogP contribution is 2.33. The molecule has 1 heterocycles. The minimum Gasteiger partial charge on any atom is -0.348 e. The van der Waals surface area contributed by atoms with Crippen LogP contribution in [0, 0.1) is 5.92 Å². The van der Waals surface area contributed by atoms with Gasteiger partial charge < -0.3 is 10.2 Å². The van der Waals surface area contributed by atoms with Gasteiger partial charge in [-0.15, -0.1) is 0 Å². The Bertz CT molecular complexity index is 537. The maximum absolute atomic E-state index is 12.8. The van der Waals surface area contributed by atoms with Crippen LogP contribution in [-0.4, -0.2) is 29.3 Å². The summed E-state index contributed by atoms with van der Waals surface area (Å²) in [6, 6.07) is 4.82. The Labute approximate surface area is 136 Å². The van der Waals surface area contributed by atoms with Gasteiger partial charge in [0.1, 0.15) is 0 Å². The van der Waals surface area contributed by atoms with E-state index in [4.69, 9.17) is 35.4 Å². The average molecular weight is 357 g/mol. The molecule has 8 heteroatoms. The minimum absolute atomic E-state index is 0.124. The van der Waals surface area contributed by atoms with E-state index in [9.17, 15) is 13.2 Å². The summed E-state index contributed by atoms with van der Waals surface area (Å²) in [5.74, 6) is -1.34. The topological polar surface area (TPSA) is 15.3 Å². The molecule has 1 N–H and O–H groups in total. The number of likely N-dealkylation sites (tertiary alicyclic amines) is 1. The van der Waals surface area contributed by atoms with Crippen LogP contribution < -0.4 is 5.32 Å². The Morgan fingerprint density at radius 3 is 2.67 bits per heavy atom. The van der Waals surface area contributed by atoms with Crippen LogP contribution in [0.25, 0.3) is 0 Å². The molecule has 0 aliphatic carbocycles. The summed E-state index contributed by atoms with van der Waals surface area (Å²) in [5.41, 5.74) is 0.528. The Hall–Kier alpha value is -0.720. The summed E-state index contributed by atoms with van der Waals surface area (Å²) in [6.45, 7) is 0.379. The lowest BCUT2D eigenvalue weighted by Gasteiger charge is -2.35. The van der Waals surface area contributed by atoms with Crippen LogP contribution in [0.1, 0.15) is 12.8 Å². The van der Waals surface area contributed by atoms with Crippen molar-refractivity contribution in [2.24, 2.45) is 5.92 Å². The van der Waals surface area contributed by atoms with Gasteiger partial charge in [0.2, 0.25) is 0 Å². The number of nitrogens with zero attached hydrogens (tertiary/aromatic N) is 1. The number of hydrogen-bond donors (Lipinski definition) is 1. The zero-order valence-electron chi connectivity index (χ0n) is 10.9. The van der Waals surface area contributed by atoms with E-state index in [0.717, 1.165) is 0 Å². The van der Waals surface area contributed by atoms with Crippen LogP contribution in [0.15, 0.2) is 18.2 Å². The Kier molecular flexibility index (Phi) is 5.22. The Balaban J connectivity index is 2.03. The van der Waals surface area contributed by atoms with E-state index in [1.807, 2.05) is 0 Å². The molecule has 0 saturated carbocycles. The molecule has 1 fully saturated rings. The normalized spacial score (nSPS) is 19.5. The number of alkyl halides is 3. The number of anilines is 1. The molecule has 21 heavy (non-hydrogen) atoms. The number of nitrogens with one attached hydrogen (secondary N) is 1. The van der Waals surface area contributed by atoms with Crippen molar-refractivity contribution in [2.75, 3.05) is 18.4 Å². The molecule has 0 aromatic heterocycles. The summed E-state index contributed by atoms with van der Waals surface area (Å²) < 4.78 is 38.4. The van der Waals surface area contributed by atoms with Gasteiger partial charge in [0.25, 0.3) is 0 Å². The van der Waals surface area contributed by atoms with Gasteiger partial charge in [-0.3, -0.25) is 0 Å². The smallest absolute Gasteiger partial charge is 0.348 e. The van der Waals surface area contributed by atoms with Gasteiger partial charge in [-0.25, -0.2) is 0 Å². The Morgan fingerprint density at radius 1 is 1.33 bits per heavy atom. The van der Waals surface area contributed by atoms with E-state index in [-0.39, 0.29) is 18.1 Å². The quantitative estimate of drug-likeness (QED) is 0.715. The van der Waals surface area contributed by atoms with Crippen molar-refractivity contribution in [1.82, 2.24) is 4.90 Å². The predicted octanol–water partition coefficient (Wildman–Crippen LogP) is 4.96. The fourth-order valence-corrected chi connectivity index (χ4v) is 2.95. The standard InChI is InChI=1S/C13H13Cl2F3N2S/c14-9-3-4-11(10(15)6-9)19-12(21)20-5-1-2-8(7-20)13(16,17)18/h3-4,6,8H,1-2,5,7H2,(H,19,21). The third kappa shape index (κ3) is 4.37. The molecule has 0 spiro atoms. The number of thiocarbonyl (C=S) groups is 1. The van der Waals surface area contributed by atoms with Gasteiger partial charge in [-0.05, 0) is 43.3 Å². The van der Waals surface area contributed by atoms with Crippen LogP contribution in [0.5, 0.6) is 0 Å². The highest BCUT2D eigenvalue weighted by molar-refractivity contribution is 7.80. The molecule has 1 aromatic carbocycles. The van der Waals surface area contributed by atoms with E-state index in [0.29, 0.717) is 28.7 Å². The first-order valence-electron chi connectivity index (χ1n) is 6.35. The molecular formula is C13H13Cl2F3N2S. The van der Waals surface area contributed by atoms with Crippen LogP contribution in [0.2, 0.25) is 10.0 Å². The molecule has 1 atom stereocenters. The molecule has 2 nitrogen and oxygen atoms in total. The zero-order chi connectivity index (χ0) is 15.6. The molecule has 1 aliphatic heterocycles. The molecular weight excluding hydrogens is 344 g/mol. The number of rotatable bonds is 1. The molecule has 0 radical (unpaired) electrons. The maximum Gasteiger partial charge on any atom is 0.393 e. The van der Waals surface area contributed by atoms with Crippen molar-refractivity contribution in [3.05, 3.63) is 28.2 Å². The van der Waals surface area contributed by atoms with E-state index < -0.39 is 12.1 Å². The lowest BCUT2D eigenvalue weighted by Crippen LogP contribution is -2.46.